The van der Waals surface area contributed by atoms with Crippen molar-refractivity contribution < 1.29 is 18.3 Å². The lowest BCUT2D eigenvalue weighted by Crippen LogP contribution is -2.42. The molecule has 5 rings (SSSR count). The van der Waals surface area contributed by atoms with Gasteiger partial charge in [0.1, 0.15) is 11.4 Å². The number of hydrogen-bond donors (Lipinski definition) is 0. The zero-order valence-electron chi connectivity index (χ0n) is 15.6. The maximum absolute atomic E-state index is 13.7. The summed E-state index contributed by atoms with van der Waals surface area (Å²) in [7, 11) is 0. The lowest BCUT2D eigenvalue weighted by atomic mass is 10.0. The molecule has 0 N–H and O–H groups in total. The molecule has 2 aliphatic heterocycles. The number of halogens is 1. The summed E-state index contributed by atoms with van der Waals surface area (Å²) >= 11 is 1.49. The Morgan fingerprint density at radius 1 is 1.14 bits per heavy atom. The highest BCUT2D eigenvalue weighted by atomic mass is 32.1. The van der Waals surface area contributed by atoms with Gasteiger partial charge >= 0.3 is 0 Å². The fourth-order valence-corrected chi connectivity index (χ4v) is 4.89. The predicted octanol–water partition coefficient (Wildman–Crippen LogP) is 2.87. The van der Waals surface area contributed by atoms with Crippen molar-refractivity contribution in [2.75, 3.05) is 39.4 Å². The summed E-state index contributed by atoms with van der Waals surface area (Å²) in [5, 5.41) is 2.08. The topological polar surface area (TPSA) is 63.0 Å². The van der Waals surface area contributed by atoms with Gasteiger partial charge in [-0.05, 0) is 29.6 Å². The SMILES string of the molecule is O=C1c2oc3ccc(F)cc3c(=O)c2[C@H](c2cccs2)N1CCN1CCOCC1. The minimum atomic E-state index is -0.512. The fraction of sp³-hybridized carbons (Fsp3) is 0.333. The van der Waals surface area contributed by atoms with Crippen LogP contribution in [0.2, 0.25) is 0 Å². The lowest BCUT2D eigenvalue weighted by molar-refractivity contribution is 0.0315. The summed E-state index contributed by atoms with van der Waals surface area (Å²) in [4.78, 5) is 31.3. The number of carbonyl (C=O) groups is 1. The molecule has 0 bridgehead atoms. The van der Waals surface area contributed by atoms with E-state index in [0.29, 0.717) is 31.9 Å². The van der Waals surface area contributed by atoms with Crippen molar-refractivity contribution in [1.29, 1.82) is 0 Å². The van der Waals surface area contributed by atoms with Crippen LogP contribution in [0.1, 0.15) is 27.0 Å². The molecule has 0 radical (unpaired) electrons. The predicted molar refractivity (Wildman–Crippen MR) is 107 cm³/mol. The van der Waals surface area contributed by atoms with Crippen LogP contribution in [0.5, 0.6) is 0 Å². The third kappa shape index (κ3) is 3.17. The molecule has 150 valence electrons. The molecular weight excluding hydrogens is 395 g/mol. The normalized spacial score (nSPS) is 19.8. The molecule has 1 fully saturated rings. The van der Waals surface area contributed by atoms with E-state index in [-0.39, 0.29) is 28.1 Å². The summed E-state index contributed by atoms with van der Waals surface area (Å²) < 4.78 is 24.9. The molecule has 2 aromatic heterocycles. The van der Waals surface area contributed by atoms with Crippen LogP contribution in [0.3, 0.4) is 0 Å². The molecule has 1 saturated heterocycles. The molecule has 29 heavy (non-hydrogen) atoms. The lowest BCUT2D eigenvalue weighted by Gasteiger charge is -2.30. The van der Waals surface area contributed by atoms with E-state index in [4.69, 9.17) is 9.15 Å². The number of benzene rings is 1. The summed E-state index contributed by atoms with van der Waals surface area (Å²) in [6.07, 6.45) is 0. The second-order valence-electron chi connectivity index (χ2n) is 7.18. The molecule has 1 atom stereocenters. The first-order valence-electron chi connectivity index (χ1n) is 9.54. The Labute approximate surface area is 170 Å². The quantitative estimate of drug-likeness (QED) is 0.657. The van der Waals surface area contributed by atoms with Crippen molar-refractivity contribution in [2.24, 2.45) is 0 Å². The van der Waals surface area contributed by atoms with E-state index in [0.717, 1.165) is 18.0 Å². The minimum absolute atomic E-state index is 0.0643. The van der Waals surface area contributed by atoms with Gasteiger partial charge < -0.3 is 14.1 Å². The largest absolute Gasteiger partial charge is 0.450 e. The Bertz CT molecular complexity index is 1120. The molecule has 6 nitrogen and oxygen atoms in total. The van der Waals surface area contributed by atoms with Gasteiger partial charge in [0.2, 0.25) is 5.76 Å². The first-order chi connectivity index (χ1) is 14.1. The van der Waals surface area contributed by atoms with E-state index in [2.05, 4.69) is 4.90 Å². The first-order valence-corrected chi connectivity index (χ1v) is 10.4. The van der Waals surface area contributed by atoms with Crippen molar-refractivity contribution in [3.05, 3.63) is 68.0 Å². The minimum Gasteiger partial charge on any atom is -0.450 e. The summed E-state index contributed by atoms with van der Waals surface area (Å²) in [6, 6.07) is 7.09. The van der Waals surface area contributed by atoms with Crippen LogP contribution in [0.25, 0.3) is 11.0 Å². The molecule has 4 heterocycles. The number of fused-ring (bicyclic) bond motifs is 2. The Balaban J connectivity index is 1.58. The Kier molecular flexibility index (Phi) is 4.69. The van der Waals surface area contributed by atoms with E-state index in [1.54, 1.807) is 4.90 Å². The van der Waals surface area contributed by atoms with Gasteiger partial charge in [-0.2, -0.15) is 0 Å². The number of carbonyl (C=O) groups excluding carboxylic acids is 1. The van der Waals surface area contributed by atoms with Gasteiger partial charge in [-0.15, -0.1) is 11.3 Å². The van der Waals surface area contributed by atoms with E-state index < -0.39 is 11.9 Å². The first kappa shape index (κ1) is 18.5. The van der Waals surface area contributed by atoms with Crippen molar-refractivity contribution in [1.82, 2.24) is 9.80 Å². The van der Waals surface area contributed by atoms with Gasteiger partial charge in [0, 0.05) is 31.1 Å². The molecule has 1 aromatic carbocycles. The average Bonchev–Trinajstić information content (AvgIpc) is 3.35. The third-order valence-corrected chi connectivity index (χ3v) is 6.43. The zero-order chi connectivity index (χ0) is 20.0. The van der Waals surface area contributed by atoms with Crippen molar-refractivity contribution in [3.8, 4) is 0 Å². The highest BCUT2D eigenvalue weighted by Gasteiger charge is 2.43. The number of nitrogens with zero attached hydrogens (tertiary/aromatic N) is 2. The van der Waals surface area contributed by atoms with E-state index >= 15 is 0 Å². The molecule has 8 heteroatoms. The van der Waals surface area contributed by atoms with Crippen LogP contribution in [-0.2, 0) is 4.74 Å². The molecule has 3 aromatic rings. The number of rotatable bonds is 4. The molecule has 0 unspecified atom stereocenters. The maximum Gasteiger partial charge on any atom is 0.290 e. The van der Waals surface area contributed by atoms with Crippen LogP contribution in [0.15, 0.2) is 44.9 Å². The van der Waals surface area contributed by atoms with Gasteiger partial charge in [0.25, 0.3) is 5.91 Å². The third-order valence-electron chi connectivity index (χ3n) is 5.50. The van der Waals surface area contributed by atoms with Gasteiger partial charge in [0.05, 0.1) is 30.2 Å². The molecule has 0 saturated carbocycles. The smallest absolute Gasteiger partial charge is 0.290 e. The second kappa shape index (κ2) is 7.37. The summed E-state index contributed by atoms with van der Waals surface area (Å²) in [5.74, 6) is -0.740. The number of hydrogen-bond acceptors (Lipinski definition) is 6. The molecule has 0 spiro atoms. The fourth-order valence-electron chi connectivity index (χ4n) is 4.04. The van der Waals surface area contributed by atoms with Crippen molar-refractivity contribution in [3.63, 3.8) is 0 Å². The van der Waals surface area contributed by atoms with Gasteiger partial charge in [-0.25, -0.2) is 4.39 Å². The van der Waals surface area contributed by atoms with Crippen molar-refractivity contribution in [2.45, 2.75) is 6.04 Å². The number of ether oxygens (including phenoxy) is 1. The van der Waals surface area contributed by atoms with Crippen LogP contribution in [0, 0.1) is 5.82 Å². The monoisotopic (exact) mass is 414 g/mol. The molecule has 1 amide bonds. The number of morpholine rings is 1. The Hall–Kier alpha value is -2.55. The average molecular weight is 414 g/mol. The van der Waals surface area contributed by atoms with Gasteiger partial charge in [-0.3, -0.25) is 14.5 Å². The van der Waals surface area contributed by atoms with Crippen LogP contribution in [-0.4, -0.2) is 55.1 Å². The summed E-state index contributed by atoms with van der Waals surface area (Å²) in [6.45, 7) is 4.15. The summed E-state index contributed by atoms with van der Waals surface area (Å²) in [5.41, 5.74) is 0.183. The highest BCUT2D eigenvalue weighted by Crippen LogP contribution is 2.39. The number of amides is 1. The van der Waals surface area contributed by atoms with Gasteiger partial charge in [0.15, 0.2) is 5.43 Å². The highest BCUT2D eigenvalue weighted by molar-refractivity contribution is 7.10. The number of thiophene rings is 1. The molecule has 2 aliphatic rings. The van der Waals surface area contributed by atoms with Crippen LogP contribution < -0.4 is 5.43 Å². The van der Waals surface area contributed by atoms with E-state index in [9.17, 15) is 14.0 Å². The molecule has 0 aliphatic carbocycles. The second-order valence-corrected chi connectivity index (χ2v) is 8.16. The van der Waals surface area contributed by atoms with E-state index in [1.807, 2.05) is 17.5 Å². The molecular formula is C21H19FN2O4S. The van der Waals surface area contributed by atoms with E-state index in [1.165, 1.54) is 29.5 Å². The maximum atomic E-state index is 13.7. The van der Waals surface area contributed by atoms with Crippen molar-refractivity contribution >= 4 is 28.2 Å². The standard InChI is InChI=1S/C21H19FN2O4S/c22-13-3-4-15-14(12-13)19(25)17-18(16-2-1-11-29-16)24(21(26)20(17)28-15)6-5-23-7-9-27-10-8-23/h1-4,11-12,18H,5-10H2/t18-/m0/s1. The van der Waals surface area contributed by atoms with Gasteiger partial charge in [-0.1, -0.05) is 6.07 Å². The van der Waals surface area contributed by atoms with Crippen LogP contribution >= 0.6 is 11.3 Å². The Morgan fingerprint density at radius 2 is 1.97 bits per heavy atom. The van der Waals surface area contributed by atoms with Crippen LogP contribution in [0.4, 0.5) is 4.39 Å². The zero-order valence-corrected chi connectivity index (χ0v) is 16.4. The Morgan fingerprint density at radius 3 is 2.72 bits per heavy atom.